The number of aliphatic hydroxyl groups excluding tert-OH is 3. The minimum absolute atomic E-state index is 0.0889. The van der Waals surface area contributed by atoms with Gasteiger partial charge in [-0.2, -0.15) is 5.26 Å². The molecule has 10 nitrogen and oxygen atoms in total. The molecule has 0 spiro atoms. The fourth-order valence-electron chi connectivity index (χ4n) is 6.49. The molecular weight excluding hydrogens is 718 g/mol. The molecule has 3 aromatic carbocycles. The molecule has 1 aliphatic rings. The maximum Gasteiger partial charge on any atom is 0.261 e. The van der Waals surface area contributed by atoms with Gasteiger partial charge in [0.25, 0.3) is 5.92 Å². The highest BCUT2D eigenvalue weighted by atomic mass is 35.5. The highest BCUT2D eigenvalue weighted by Crippen LogP contribution is 2.37. The highest BCUT2D eigenvalue weighted by Gasteiger charge is 2.37. The van der Waals surface area contributed by atoms with Crippen molar-refractivity contribution in [3.8, 4) is 34.4 Å². The number of pyridine rings is 1. The topological polar surface area (TPSA) is 132 Å². The van der Waals surface area contributed by atoms with E-state index < -0.39 is 31.3 Å². The number of likely N-dealkylation sites (N-methyl/N-ethyl adjacent to an activating group) is 1. The third kappa shape index (κ3) is 9.84. The molecule has 1 aliphatic heterocycles. The Morgan fingerprint density at radius 2 is 1.61 bits per heavy atom. The van der Waals surface area contributed by atoms with Crippen LogP contribution in [0.4, 0.5) is 8.78 Å². The van der Waals surface area contributed by atoms with Crippen LogP contribution in [0.15, 0.2) is 67.0 Å². The van der Waals surface area contributed by atoms with Crippen LogP contribution in [-0.2, 0) is 19.8 Å². The van der Waals surface area contributed by atoms with E-state index in [-0.39, 0.29) is 32.7 Å². The smallest absolute Gasteiger partial charge is 0.261 e. The van der Waals surface area contributed by atoms with Gasteiger partial charge in [0, 0.05) is 55.6 Å². The van der Waals surface area contributed by atoms with Crippen LogP contribution < -0.4 is 14.2 Å². The first kappa shape index (κ1) is 40.8. The highest BCUT2D eigenvalue weighted by molar-refractivity contribution is 6.32. The van der Waals surface area contributed by atoms with Crippen molar-refractivity contribution in [2.24, 2.45) is 0 Å². The first-order valence-corrected chi connectivity index (χ1v) is 18.2. The largest absolute Gasteiger partial charge is 0.493 e. The third-order valence-electron chi connectivity index (χ3n) is 10.1. The van der Waals surface area contributed by atoms with E-state index in [0.717, 1.165) is 33.6 Å². The summed E-state index contributed by atoms with van der Waals surface area (Å²) in [5.41, 5.74) is 5.34. The van der Waals surface area contributed by atoms with Gasteiger partial charge in [0.1, 0.15) is 36.5 Å². The molecule has 0 bridgehead atoms. The van der Waals surface area contributed by atoms with Gasteiger partial charge in [-0.3, -0.25) is 14.8 Å². The second-order valence-electron chi connectivity index (χ2n) is 13.8. The van der Waals surface area contributed by atoms with Gasteiger partial charge in [-0.1, -0.05) is 41.9 Å². The molecule has 0 amide bonds. The van der Waals surface area contributed by atoms with Crippen molar-refractivity contribution in [3.63, 3.8) is 0 Å². The maximum absolute atomic E-state index is 13.6. The standard InChI is InChI=1S/C41H47ClF2N4O6/c1-28-32(7-4-8-34(28)35-9-5-10-37(29(35)2)52-14-6-12-48-13-11-41(43,44)24-48)23-54-39-17-38(53-22-31-15-30(18-45)19-46-20-31)33(16-36(39)42)21-47(3)40(25-49,26-50)27-51/h4-5,7-10,15-17,19-20,49-51H,6,11-14,21-27H2,1-3H3. The Hall–Kier alpha value is -4.35. The van der Waals surface area contributed by atoms with E-state index in [1.807, 2.05) is 50.2 Å². The Bertz CT molecular complexity index is 1930. The molecule has 3 N–H and O–H groups in total. The number of aromatic nitrogens is 1. The zero-order valence-electron chi connectivity index (χ0n) is 30.8. The summed E-state index contributed by atoms with van der Waals surface area (Å²) in [6.45, 7) is 4.26. The molecule has 288 valence electrons. The minimum atomic E-state index is -2.60. The molecule has 0 saturated carbocycles. The second-order valence-corrected chi connectivity index (χ2v) is 14.2. The summed E-state index contributed by atoms with van der Waals surface area (Å²) in [4.78, 5) is 7.53. The number of likely N-dealkylation sites (tertiary alicyclic amines) is 1. The lowest BCUT2D eigenvalue weighted by Gasteiger charge is -2.37. The van der Waals surface area contributed by atoms with E-state index >= 15 is 0 Å². The fourth-order valence-corrected chi connectivity index (χ4v) is 6.73. The van der Waals surface area contributed by atoms with E-state index in [9.17, 15) is 29.4 Å². The summed E-state index contributed by atoms with van der Waals surface area (Å²) < 4.78 is 45.8. The molecule has 0 unspecified atom stereocenters. The van der Waals surface area contributed by atoms with Gasteiger partial charge in [0.15, 0.2) is 0 Å². The van der Waals surface area contributed by atoms with Crippen molar-refractivity contribution in [2.45, 2.75) is 57.9 Å². The molecule has 0 radical (unpaired) electrons. The maximum atomic E-state index is 13.6. The van der Waals surface area contributed by atoms with Crippen molar-refractivity contribution < 1.29 is 38.3 Å². The van der Waals surface area contributed by atoms with Crippen LogP contribution >= 0.6 is 11.6 Å². The van der Waals surface area contributed by atoms with Gasteiger partial charge in [0.2, 0.25) is 0 Å². The van der Waals surface area contributed by atoms with E-state index in [1.165, 1.54) is 6.20 Å². The molecule has 1 aromatic heterocycles. The molecule has 1 fully saturated rings. The number of hydrogen-bond acceptors (Lipinski definition) is 10. The van der Waals surface area contributed by atoms with Crippen LogP contribution in [-0.4, -0.2) is 94.7 Å². The first-order chi connectivity index (χ1) is 25.9. The van der Waals surface area contributed by atoms with Gasteiger partial charge in [0.05, 0.1) is 49.1 Å². The van der Waals surface area contributed by atoms with Crippen LogP contribution in [0.1, 0.15) is 46.2 Å². The zero-order chi connectivity index (χ0) is 38.9. The van der Waals surface area contributed by atoms with Gasteiger partial charge < -0.3 is 29.5 Å². The molecule has 0 atom stereocenters. The Balaban J connectivity index is 1.33. The van der Waals surface area contributed by atoms with Crippen LogP contribution in [0, 0.1) is 25.2 Å². The van der Waals surface area contributed by atoms with Crippen molar-refractivity contribution in [1.29, 1.82) is 5.26 Å². The van der Waals surface area contributed by atoms with E-state index in [0.29, 0.717) is 59.3 Å². The van der Waals surface area contributed by atoms with Crippen LogP contribution in [0.5, 0.6) is 17.2 Å². The zero-order valence-corrected chi connectivity index (χ0v) is 31.6. The predicted molar refractivity (Wildman–Crippen MR) is 202 cm³/mol. The first-order valence-electron chi connectivity index (χ1n) is 17.8. The van der Waals surface area contributed by atoms with Gasteiger partial charge in [-0.15, -0.1) is 0 Å². The average Bonchev–Trinajstić information content (AvgIpc) is 3.52. The second kappa shape index (κ2) is 18.3. The van der Waals surface area contributed by atoms with Gasteiger partial charge >= 0.3 is 0 Å². The summed E-state index contributed by atoms with van der Waals surface area (Å²) in [7, 11) is 1.67. The normalized spacial score (nSPS) is 14.3. The summed E-state index contributed by atoms with van der Waals surface area (Å²) in [5, 5.41) is 39.7. The summed E-state index contributed by atoms with van der Waals surface area (Å²) in [6, 6.07) is 19.0. The van der Waals surface area contributed by atoms with E-state index in [2.05, 4.69) is 11.1 Å². The Labute approximate surface area is 320 Å². The minimum Gasteiger partial charge on any atom is -0.493 e. The molecule has 4 aromatic rings. The van der Waals surface area contributed by atoms with Crippen LogP contribution in [0.25, 0.3) is 11.1 Å². The lowest BCUT2D eigenvalue weighted by molar-refractivity contribution is -0.0390. The monoisotopic (exact) mass is 764 g/mol. The third-order valence-corrected chi connectivity index (χ3v) is 10.4. The number of benzene rings is 3. The Morgan fingerprint density at radius 3 is 2.30 bits per heavy atom. The Morgan fingerprint density at radius 1 is 0.907 bits per heavy atom. The number of aliphatic hydroxyl groups is 3. The van der Waals surface area contributed by atoms with Crippen molar-refractivity contribution >= 4 is 11.6 Å². The number of nitrogens with zero attached hydrogens (tertiary/aromatic N) is 4. The molecule has 54 heavy (non-hydrogen) atoms. The van der Waals surface area contributed by atoms with Crippen LogP contribution in [0.2, 0.25) is 5.02 Å². The molecule has 5 rings (SSSR count). The molecule has 1 saturated heterocycles. The van der Waals surface area contributed by atoms with Gasteiger partial charge in [-0.25, -0.2) is 8.78 Å². The summed E-state index contributed by atoms with van der Waals surface area (Å²) in [5.74, 6) is -1.07. The Kier molecular flexibility index (Phi) is 13.9. The van der Waals surface area contributed by atoms with E-state index in [1.54, 1.807) is 41.2 Å². The van der Waals surface area contributed by atoms with E-state index in [4.69, 9.17) is 25.8 Å². The number of nitriles is 1. The lowest BCUT2D eigenvalue weighted by atomic mass is 9.93. The average molecular weight is 765 g/mol. The van der Waals surface area contributed by atoms with Crippen molar-refractivity contribution in [2.75, 3.05) is 53.1 Å². The molecular formula is C41H47ClF2N4O6. The lowest BCUT2D eigenvalue weighted by Crippen LogP contribution is -2.55. The summed E-state index contributed by atoms with van der Waals surface area (Å²) >= 11 is 6.79. The van der Waals surface area contributed by atoms with Gasteiger partial charge in [-0.05, 0) is 73.3 Å². The SMILES string of the molecule is Cc1c(COc2cc(OCc3cncc(C#N)c3)c(CN(C)C(CO)(CO)CO)cc2Cl)cccc1-c1cccc(OCCCN2CCC(F)(F)C2)c1C. The number of alkyl halides is 2. The van der Waals surface area contributed by atoms with Crippen molar-refractivity contribution in [3.05, 3.63) is 105 Å². The number of ether oxygens (including phenoxy) is 3. The quantitative estimate of drug-likeness (QED) is 0.0992. The predicted octanol–water partition coefficient (Wildman–Crippen LogP) is 6.31. The number of hydrogen-bond donors (Lipinski definition) is 3. The summed E-state index contributed by atoms with van der Waals surface area (Å²) in [6.07, 6.45) is 3.63. The number of halogens is 3. The molecule has 2 heterocycles. The van der Waals surface area contributed by atoms with Crippen molar-refractivity contribution in [1.82, 2.24) is 14.8 Å². The fraction of sp³-hybridized carbons (Fsp3) is 0.415. The van der Waals surface area contributed by atoms with Crippen LogP contribution in [0.3, 0.4) is 0 Å². The molecule has 13 heteroatoms. The molecule has 0 aliphatic carbocycles. The number of rotatable bonds is 18.